The van der Waals surface area contributed by atoms with Crippen molar-refractivity contribution in [1.82, 2.24) is 19.5 Å². The number of halogens is 9. The fourth-order valence-corrected chi connectivity index (χ4v) is 7.80. The van der Waals surface area contributed by atoms with Gasteiger partial charge in [-0.1, -0.05) is 103 Å². The summed E-state index contributed by atoms with van der Waals surface area (Å²) in [5, 5.41) is 1.50. The van der Waals surface area contributed by atoms with E-state index in [1.165, 1.54) is 18.2 Å². The molecular weight excluding hydrogens is 804 g/mol. The first-order chi connectivity index (χ1) is 29.1. The molecule has 2 aliphatic rings. The zero-order valence-corrected chi connectivity index (χ0v) is 31.5. The Bertz CT molecular complexity index is 3010. The first-order valence-corrected chi connectivity index (χ1v) is 18.9. The van der Waals surface area contributed by atoms with Gasteiger partial charge in [0, 0.05) is 27.8 Å². The van der Waals surface area contributed by atoms with E-state index < -0.39 is 41.7 Å². The van der Waals surface area contributed by atoms with E-state index in [2.05, 4.69) is 0 Å². The summed E-state index contributed by atoms with van der Waals surface area (Å²) in [5.74, 6) is 0.948. The molecule has 0 bridgehead atoms. The predicted molar refractivity (Wildman–Crippen MR) is 216 cm³/mol. The molecule has 0 unspecified atom stereocenters. The molecule has 7 aromatic rings. The van der Waals surface area contributed by atoms with E-state index >= 15 is 0 Å². The van der Waals surface area contributed by atoms with Crippen molar-refractivity contribution in [2.75, 3.05) is 0 Å². The summed E-state index contributed by atoms with van der Waals surface area (Å²) < 4.78 is 127. The fourth-order valence-electron chi connectivity index (χ4n) is 7.80. The van der Waals surface area contributed by atoms with Crippen molar-refractivity contribution in [2.24, 2.45) is 0 Å². The Labute approximate surface area is 341 Å². The van der Waals surface area contributed by atoms with Gasteiger partial charge in [-0.2, -0.15) is 39.5 Å². The van der Waals surface area contributed by atoms with Crippen molar-refractivity contribution >= 4 is 22.6 Å². The van der Waals surface area contributed by atoms with Crippen LogP contribution in [0.1, 0.15) is 17.5 Å². The lowest BCUT2D eigenvalue weighted by molar-refractivity contribution is -0.137. The minimum Gasteiger partial charge on any atom is -0.310 e. The molecule has 304 valence electrons. The second-order valence-corrected chi connectivity index (χ2v) is 14.5. The van der Waals surface area contributed by atoms with Crippen LogP contribution >= 0.6 is 0 Å². The highest BCUT2D eigenvalue weighted by Crippen LogP contribution is 2.42. The largest absolute Gasteiger partial charge is 0.416 e. The van der Waals surface area contributed by atoms with E-state index in [-0.39, 0.29) is 22.7 Å². The van der Waals surface area contributed by atoms with Gasteiger partial charge >= 0.3 is 18.5 Å². The molecule has 0 fully saturated rings. The minimum atomic E-state index is -5.07. The van der Waals surface area contributed by atoms with E-state index in [0.717, 1.165) is 23.8 Å². The zero-order chi connectivity index (χ0) is 42.7. The lowest BCUT2D eigenvalue weighted by Crippen LogP contribution is -2.23. The number of fused-ring (bicyclic) bond motifs is 3. The molecule has 4 nitrogen and oxygen atoms in total. The van der Waals surface area contributed by atoms with Gasteiger partial charge in [-0.15, -0.1) is 0 Å². The van der Waals surface area contributed by atoms with Crippen molar-refractivity contribution in [1.29, 1.82) is 0 Å². The first kappa shape index (κ1) is 39.4. The van der Waals surface area contributed by atoms with Crippen LogP contribution in [0, 0.1) is 0 Å². The summed E-state index contributed by atoms with van der Waals surface area (Å²) in [6.45, 7) is 0. The summed E-state index contributed by atoms with van der Waals surface area (Å²) in [6, 6.07) is 33.1. The van der Waals surface area contributed by atoms with Crippen molar-refractivity contribution in [2.45, 2.75) is 31.4 Å². The molecule has 0 amide bonds. The summed E-state index contributed by atoms with van der Waals surface area (Å²) in [4.78, 5) is 14.5. The van der Waals surface area contributed by atoms with Crippen molar-refractivity contribution in [3.8, 4) is 51.0 Å². The molecule has 2 heterocycles. The molecule has 5 aromatic carbocycles. The number of aromatic nitrogens is 4. The van der Waals surface area contributed by atoms with Crippen LogP contribution in [0.2, 0.25) is 0 Å². The van der Waals surface area contributed by atoms with Crippen LogP contribution in [0.5, 0.6) is 0 Å². The summed E-state index contributed by atoms with van der Waals surface area (Å²) in [6.07, 6.45) is -8.25. The van der Waals surface area contributed by atoms with Gasteiger partial charge in [-0.05, 0) is 88.9 Å². The second kappa shape index (κ2) is 14.9. The van der Waals surface area contributed by atoms with Gasteiger partial charge in [0.2, 0.25) is 0 Å². The molecule has 9 rings (SSSR count). The molecule has 0 atom stereocenters. The number of benzene rings is 5. The Kier molecular flexibility index (Phi) is 9.64. The van der Waals surface area contributed by atoms with Crippen LogP contribution < -0.4 is 10.6 Å². The molecule has 0 saturated carbocycles. The molecule has 0 saturated heterocycles. The quantitative estimate of drug-likeness (QED) is 0.162. The monoisotopic (exact) mass is 832 g/mol. The van der Waals surface area contributed by atoms with Crippen LogP contribution in [-0.4, -0.2) is 31.9 Å². The highest BCUT2D eigenvalue weighted by atomic mass is 19.4. The SMILES string of the molecule is FC(F)(F)C1=CCC(=c2ccc3c4c(n(-c5ccc(-c6nc(-c7ccccc7)nc(-c7ccccc7)n6)c(-c6ccc(C(F)(F)F)cc6)c5)c3c2)=CC=CC4)C(C(F)(F)F)=C1. The van der Waals surface area contributed by atoms with Crippen LogP contribution in [0.25, 0.3) is 73.5 Å². The van der Waals surface area contributed by atoms with Crippen molar-refractivity contribution in [3.05, 3.63) is 178 Å². The third-order valence-corrected chi connectivity index (χ3v) is 10.7. The van der Waals surface area contributed by atoms with Gasteiger partial charge in [0.25, 0.3) is 0 Å². The van der Waals surface area contributed by atoms with Crippen molar-refractivity contribution < 1.29 is 39.5 Å². The number of nitrogens with zero attached hydrogens (tertiary/aromatic N) is 4. The van der Waals surface area contributed by atoms with Gasteiger partial charge in [-0.25, -0.2) is 15.0 Å². The number of alkyl halides is 9. The standard InChI is InChI=1S/C48H29F9N4/c49-46(50,51)32-18-15-28(16-19-32)39-27-34(21-24-38(39)45-59-43(29-9-3-1-4-10-29)58-44(60-45)30-11-5-2-6-12-30)61-41-14-8-7-13-36(41)37-22-17-31(25-42(37)61)35-23-20-33(47(52,53)54)26-40(35)48(55,56)57/h1-12,14-22,24-27H,13,23H2. The molecule has 61 heavy (non-hydrogen) atoms. The van der Waals surface area contributed by atoms with Gasteiger partial charge in [0.1, 0.15) is 0 Å². The van der Waals surface area contributed by atoms with Crippen LogP contribution in [0.4, 0.5) is 39.5 Å². The normalized spacial score (nSPS) is 15.3. The maximum Gasteiger partial charge on any atom is 0.416 e. The van der Waals surface area contributed by atoms with Crippen molar-refractivity contribution in [3.63, 3.8) is 0 Å². The highest BCUT2D eigenvalue weighted by Gasteiger charge is 2.42. The third kappa shape index (κ3) is 7.56. The van der Waals surface area contributed by atoms with E-state index in [1.54, 1.807) is 30.3 Å². The Hall–Kier alpha value is -7.02. The maximum atomic E-state index is 14.4. The van der Waals surface area contributed by atoms with Crippen LogP contribution in [0.15, 0.2) is 157 Å². The Morgan fingerprint density at radius 1 is 0.541 bits per heavy atom. The number of allylic oxidation sites excluding steroid dienone is 6. The third-order valence-electron chi connectivity index (χ3n) is 10.7. The molecule has 2 aliphatic carbocycles. The molecule has 0 N–H and O–H groups in total. The van der Waals surface area contributed by atoms with E-state index in [4.69, 9.17) is 15.0 Å². The summed E-state index contributed by atoms with van der Waals surface area (Å²) in [7, 11) is 0. The first-order valence-electron chi connectivity index (χ1n) is 18.9. The Balaban J connectivity index is 1.30. The summed E-state index contributed by atoms with van der Waals surface area (Å²) >= 11 is 0. The Morgan fingerprint density at radius 3 is 1.79 bits per heavy atom. The lowest BCUT2D eigenvalue weighted by atomic mass is 9.91. The molecule has 0 aliphatic heterocycles. The van der Waals surface area contributed by atoms with Gasteiger partial charge < -0.3 is 4.57 Å². The zero-order valence-electron chi connectivity index (χ0n) is 31.5. The molecule has 2 aromatic heterocycles. The Morgan fingerprint density at radius 2 is 1.18 bits per heavy atom. The van der Waals surface area contributed by atoms with E-state index in [1.807, 2.05) is 83.5 Å². The topological polar surface area (TPSA) is 43.6 Å². The number of hydrogen-bond acceptors (Lipinski definition) is 3. The molecular formula is C48H29F9N4. The van der Waals surface area contributed by atoms with Gasteiger partial charge in [0.15, 0.2) is 17.5 Å². The fraction of sp³-hybridized carbons (Fsp3) is 0.104. The maximum absolute atomic E-state index is 14.4. The van der Waals surface area contributed by atoms with E-state index in [9.17, 15) is 39.5 Å². The number of hydrogen-bond donors (Lipinski definition) is 0. The predicted octanol–water partition coefficient (Wildman–Crippen LogP) is 11.9. The molecule has 0 radical (unpaired) electrons. The number of rotatable bonds is 5. The smallest absolute Gasteiger partial charge is 0.310 e. The minimum absolute atomic E-state index is 0.0873. The van der Waals surface area contributed by atoms with Gasteiger partial charge in [-0.3, -0.25) is 0 Å². The van der Waals surface area contributed by atoms with Crippen LogP contribution in [-0.2, 0) is 12.6 Å². The average Bonchev–Trinajstić information content (AvgIpc) is 3.59. The lowest BCUT2D eigenvalue weighted by Gasteiger charge is -2.21. The average molecular weight is 833 g/mol. The second-order valence-electron chi connectivity index (χ2n) is 14.5. The highest BCUT2D eigenvalue weighted by molar-refractivity contribution is 5.90. The van der Waals surface area contributed by atoms with E-state index in [0.29, 0.717) is 67.8 Å². The molecule has 0 spiro atoms. The van der Waals surface area contributed by atoms with Gasteiger partial charge in [0.05, 0.1) is 27.6 Å². The molecule has 13 heteroatoms. The summed E-state index contributed by atoms with van der Waals surface area (Å²) in [5.41, 5.74) is 0.635. The van der Waals surface area contributed by atoms with Crippen LogP contribution in [0.3, 0.4) is 0 Å².